The number of unbranched alkanes of at least 4 members (excludes halogenated alkanes) is 14. The summed E-state index contributed by atoms with van der Waals surface area (Å²) >= 11 is 7.34. The van der Waals surface area contributed by atoms with Crippen LogP contribution in [0.4, 0.5) is 0 Å². The van der Waals surface area contributed by atoms with Crippen LogP contribution in [0.5, 0.6) is 11.5 Å². The highest BCUT2D eigenvalue weighted by molar-refractivity contribution is 9.10. The molecule has 0 saturated carbocycles. The Balaban J connectivity index is 1.11. The molecule has 0 atom stereocenters. The minimum Gasteiger partial charge on any atom is -0.494 e. The van der Waals surface area contributed by atoms with Crippen LogP contribution in [-0.2, 0) is 0 Å². The van der Waals surface area contributed by atoms with Crippen molar-refractivity contribution in [1.29, 1.82) is 0 Å². The minimum absolute atomic E-state index is 0.757. The number of halogens is 2. The van der Waals surface area contributed by atoms with E-state index in [-0.39, 0.29) is 0 Å². The molecule has 0 radical (unpaired) electrons. The molecule has 74 heavy (non-hydrogen) atoms. The molecule has 0 unspecified atom stereocenters. The maximum Gasteiger partial charge on any atom is 0.119 e. The fourth-order valence-corrected chi connectivity index (χ4v) is 9.87. The van der Waals surface area contributed by atoms with Gasteiger partial charge in [0.15, 0.2) is 0 Å². The van der Waals surface area contributed by atoms with Crippen LogP contribution < -0.4 is 9.47 Å². The Hall–Kier alpha value is -5.94. The SMILES string of the molecule is CCCCCCCCCCOc1cccc(/C=C/c2cc(/C=C/c3ccc(/C(=C(\c4ccccc4)c4ccc(Br)cc4)c4ccc(Br)cc4)cc3)cc(/C=C/c3cccc(OCCCCCCCCCC)c3)c2)c1. The van der Waals surface area contributed by atoms with Crippen LogP contribution in [0, 0.1) is 0 Å². The molecule has 7 aromatic carbocycles. The van der Waals surface area contributed by atoms with Crippen molar-refractivity contribution in [1.82, 2.24) is 0 Å². The Labute approximate surface area is 461 Å². The number of hydrogen-bond donors (Lipinski definition) is 0. The molecule has 2 nitrogen and oxygen atoms in total. The van der Waals surface area contributed by atoms with Crippen molar-refractivity contribution in [2.75, 3.05) is 13.2 Å². The van der Waals surface area contributed by atoms with E-state index < -0.39 is 0 Å². The summed E-state index contributed by atoms with van der Waals surface area (Å²) in [5, 5.41) is 0. The zero-order valence-electron chi connectivity index (χ0n) is 43.9. The first-order chi connectivity index (χ1) is 36.4. The van der Waals surface area contributed by atoms with Gasteiger partial charge in [-0.1, -0.05) is 275 Å². The summed E-state index contributed by atoms with van der Waals surface area (Å²) in [6.07, 6.45) is 33.9. The molecule has 0 aromatic heterocycles. The molecule has 0 bridgehead atoms. The lowest BCUT2D eigenvalue weighted by Gasteiger charge is -2.18. The van der Waals surface area contributed by atoms with Gasteiger partial charge in [0.1, 0.15) is 11.5 Å². The first-order valence-corrected chi connectivity index (χ1v) is 29.1. The second-order valence-electron chi connectivity index (χ2n) is 19.5. The third kappa shape index (κ3) is 19.1. The number of hydrogen-bond acceptors (Lipinski definition) is 2. The molecule has 0 fully saturated rings. The number of benzene rings is 7. The summed E-state index contributed by atoms with van der Waals surface area (Å²) in [4.78, 5) is 0. The average molecular weight is 1110 g/mol. The van der Waals surface area contributed by atoms with Gasteiger partial charge in [0.2, 0.25) is 0 Å². The van der Waals surface area contributed by atoms with Crippen LogP contribution in [0.25, 0.3) is 47.6 Å². The third-order valence-corrected chi connectivity index (χ3v) is 14.5. The predicted molar refractivity (Wildman–Crippen MR) is 329 cm³/mol. The fraction of sp³-hybridized carbons (Fsp3) is 0.286. The van der Waals surface area contributed by atoms with Gasteiger partial charge in [0, 0.05) is 8.95 Å². The van der Waals surface area contributed by atoms with Gasteiger partial charge < -0.3 is 9.47 Å². The summed E-state index contributed by atoms with van der Waals surface area (Å²) in [5.74, 6) is 1.85. The van der Waals surface area contributed by atoms with Crippen LogP contribution in [0.1, 0.15) is 172 Å². The normalized spacial score (nSPS) is 12.0. The standard InChI is InChI=1S/C70H76Br2O2/c1-3-5-7-9-11-13-15-20-48-73-67-28-22-24-56(53-67)31-34-59-50-58(51-60(52-59)35-32-57-25-23-29-68(54-57)74-49-21-16-14-12-10-8-6-4-2)33-30-55-36-38-62(39-37-55)70(64-42-46-66(72)47-43-64)69(61-26-18-17-19-27-61)63-40-44-65(71)45-41-63/h17-19,22-47,50-54H,3-16,20-21,48-49H2,1-2H3/b33-30+,34-31+,35-32+,70-69-. The molecule has 4 heteroatoms. The van der Waals surface area contributed by atoms with E-state index in [0.29, 0.717) is 0 Å². The Morgan fingerprint density at radius 3 is 1.05 bits per heavy atom. The van der Waals surface area contributed by atoms with E-state index in [9.17, 15) is 0 Å². The molecule has 0 spiro atoms. The first kappa shape index (κ1) is 55.8. The summed E-state index contributed by atoms with van der Waals surface area (Å²) in [5.41, 5.74) is 13.7. The number of ether oxygens (including phenoxy) is 2. The van der Waals surface area contributed by atoms with E-state index in [2.05, 4.69) is 252 Å². The van der Waals surface area contributed by atoms with Crippen molar-refractivity contribution >= 4 is 79.5 Å². The average Bonchev–Trinajstić information content (AvgIpc) is 3.43. The van der Waals surface area contributed by atoms with E-state index in [1.807, 2.05) is 0 Å². The Morgan fingerprint density at radius 2 is 0.649 bits per heavy atom. The molecule has 0 N–H and O–H groups in total. The van der Waals surface area contributed by atoms with E-state index in [4.69, 9.17) is 9.47 Å². The Morgan fingerprint density at radius 1 is 0.311 bits per heavy atom. The minimum atomic E-state index is 0.757. The molecule has 0 amide bonds. The molecular formula is C70H76Br2O2. The highest BCUT2D eigenvalue weighted by Crippen LogP contribution is 2.38. The highest BCUT2D eigenvalue weighted by Gasteiger charge is 2.16. The molecule has 0 aliphatic heterocycles. The van der Waals surface area contributed by atoms with Crippen molar-refractivity contribution in [3.05, 3.63) is 234 Å². The van der Waals surface area contributed by atoms with E-state index in [1.54, 1.807) is 0 Å². The molecule has 0 saturated heterocycles. The van der Waals surface area contributed by atoms with Gasteiger partial charge in [-0.2, -0.15) is 0 Å². The zero-order chi connectivity index (χ0) is 51.4. The number of rotatable bonds is 30. The van der Waals surface area contributed by atoms with Gasteiger partial charge in [-0.25, -0.2) is 0 Å². The quantitative estimate of drug-likeness (QED) is 0.0330. The second-order valence-corrected chi connectivity index (χ2v) is 21.3. The third-order valence-electron chi connectivity index (χ3n) is 13.4. The van der Waals surface area contributed by atoms with Crippen LogP contribution >= 0.6 is 31.9 Å². The van der Waals surface area contributed by atoms with Gasteiger partial charge >= 0.3 is 0 Å². The largest absolute Gasteiger partial charge is 0.494 e. The molecule has 7 aromatic rings. The maximum atomic E-state index is 6.23. The van der Waals surface area contributed by atoms with Crippen LogP contribution in [-0.4, -0.2) is 13.2 Å². The molecule has 7 rings (SSSR count). The summed E-state index contributed by atoms with van der Waals surface area (Å²) in [6, 6.07) is 60.7. The van der Waals surface area contributed by atoms with E-state index in [0.717, 1.165) is 96.6 Å². The van der Waals surface area contributed by atoms with Crippen molar-refractivity contribution in [3.8, 4) is 11.5 Å². The van der Waals surface area contributed by atoms with Gasteiger partial charge in [0.25, 0.3) is 0 Å². The Kier molecular flexibility index (Phi) is 23.9. The summed E-state index contributed by atoms with van der Waals surface area (Å²) < 4.78 is 14.6. The van der Waals surface area contributed by atoms with E-state index >= 15 is 0 Å². The van der Waals surface area contributed by atoms with Gasteiger partial charge in [0.05, 0.1) is 13.2 Å². The van der Waals surface area contributed by atoms with Crippen molar-refractivity contribution in [2.45, 2.75) is 117 Å². The predicted octanol–water partition coefficient (Wildman–Crippen LogP) is 21.8. The lowest BCUT2D eigenvalue weighted by atomic mass is 9.85. The van der Waals surface area contributed by atoms with Crippen LogP contribution in [0.2, 0.25) is 0 Å². The maximum absolute atomic E-state index is 6.23. The Bertz CT molecular complexity index is 2760. The fourth-order valence-electron chi connectivity index (χ4n) is 9.35. The lowest BCUT2D eigenvalue weighted by Crippen LogP contribution is -1.97. The van der Waals surface area contributed by atoms with Crippen molar-refractivity contribution < 1.29 is 9.47 Å². The monoisotopic (exact) mass is 1110 g/mol. The topological polar surface area (TPSA) is 18.5 Å². The lowest BCUT2D eigenvalue weighted by molar-refractivity contribution is 0.304. The zero-order valence-corrected chi connectivity index (χ0v) is 47.1. The summed E-state index contributed by atoms with van der Waals surface area (Å²) in [6.45, 7) is 6.07. The first-order valence-electron chi connectivity index (χ1n) is 27.5. The molecule has 382 valence electrons. The van der Waals surface area contributed by atoms with E-state index in [1.165, 1.54) is 107 Å². The second kappa shape index (κ2) is 31.7. The van der Waals surface area contributed by atoms with Gasteiger partial charge in [-0.3, -0.25) is 0 Å². The van der Waals surface area contributed by atoms with Crippen LogP contribution in [0.15, 0.2) is 179 Å². The van der Waals surface area contributed by atoms with Crippen molar-refractivity contribution in [3.63, 3.8) is 0 Å². The molecule has 0 aliphatic rings. The summed E-state index contributed by atoms with van der Waals surface area (Å²) in [7, 11) is 0. The van der Waals surface area contributed by atoms with Gasteiger partial charge in [-0.05, 0) is 146 Å². The van der Waals surface area contributed by atoms with Crippen LogP contribution in [0.3, 0.4) is 0 Å². The van der Waals surface area contributed by atoms with Crippen molar-refractivity contribution in [2.24, 2.45) is 0 Å². The molecule has 0 aliphatic carbocycles. The smallest absolute Gasteiger partial charge is 0.119 e. The van der Waals surface area contributed by atoms with Gasteiger partial charge in [-0.15, -0.1) is 0 Å². The molecule has 0 heterocycles. The highest BCUT2D eigenvalue weighted by atomic mass is 79.9. The molecular weight excluding hydrogens is 1030 g/mol.